The van der Waals surface area contributed by atoms with Crippen LogP contribution in [0.3, 0.4) is 0 Å². The van der Waals surface area contributed by atoms with Gasteiger partial charge in [-0.15, -0.1) is 0 Å². The third kappa shape index (κ3) is 4.93. The highest BCUT2D eigenvalue weighted by Crippen LogP contribution is 2.22. The fourth-order valence-electron chi connectivity index (χ4n) is 3.36. The summed E-state index contributed by atoms with van der Waals surface area (Å²) < 4.78 is 23.8. The van der Waals surface area contributed by atoms with Crippen molar-refractivity contribution in [3.05, 3.63) is 64.8 Å². The minimum Gasteiger partial charge on any atom is -0.497 e. The Bertz CT molecular complexity index is 956. The second kappa shape index (κ2) is 8.90. The first-order valence-electron chi connectivity index (χ1n) is 9.46. The largest absolute Gasteiger partial charge is 0.497 e. The number of hydrogen-bond donors (Lipinski definition) is 0. The molecule has 1 aliphatic heterocycles. The fraction of sp³-hybridized carbons (Fsp3) is 0.333. The normalized spacial score (nSPS) is 15.6. The van der Waals surface area contributed by atoms with Crippen LogP contribution >= 0.6 is 11.6 Å². The van der Waals surface area contributed by atoms with Crippen molar-refractivity contribution < 1.29 is 13.7 Å². The first kappa shape index (κ1) is 19.8. The summed E-state index contributed by atoms with van der Waals surface area (Å²) in [6.45, 7) is 4.90. The van der Waals surface area contributed by atoms with Crippen LogP contribution < -0.4 is 4.74 Å². The van der Waals surface area contributed by atoms with Gasteiger partial charge in [-0.1, -0.05) is 22.8 Å². The molecule has 6 nitrogen and oxygen atoms in total. The van der Waals surface area contributed by atoms with Crippen LogP contribution in [-0.4, -0.2) is 53.2 Å². The SMILES string of the molecule is COc1ccc(-c2noc(CN3CCN(Cc4ccc(F)cc4Cl)CC3)n2)cc1. The lowest BCUT2D eigenvalue weighted by Crippen LogP contribution is -2.45. The second-order valence-corrected chi connectivity index (χ2v) is 7.44. The molecule has 2 heterocycles. The molecule has 0 spiro atoms. The predicted octanol–water partition coefficient (Wildman–Crippen LogP) is 3.86. The molecule has 0 amide bonds. The molecule has 0 aliphatic carbocycles. The molecule has 29 heavy (non-hydrogen) atoms. The maximum absolute atomic E-state index is 13.2. The number of methoxy groups -OCH3 is 1. The minimum atomic E-state index is -0.308. The van der Waals surface area contributed by atoms with E-state index in [0.717, 1.165) is 49.6 Å². The van der Waals surface area contributed by atoms with E-state index in [-0.39, 0.29) is 5.82 Å². The van der Waals surface area contributed by atoms with Crippen molar-refractivity contribution in [1.29, 1.82) is 0 Å². The smallest absolute Gasteiger partial charge is 0.241 e. The molecule has 4 rings (SSSR count). The summed E-state index contributed by atoms with van der Waals surface area (Å²) in [5.74, 6) is 1.66. The molecule has 0 saturated carbocycles. The van der Waals surface area contributed by atoms with Gasteiger partial charge in [0.05, 0.1) is 13.7 Å². The molecule has 3 aromatic rings. The molecule has 1 saturated heterocycles. The highest BCUT2D eigenvalue weighted by Gasteiger charge is 2.20. The van der Waals surface area contributed by atoms with Crippen LogP contribution in [0.4, 0.5) is 4.39 Å². The van der Waals surface area contributed by atoms with Gasteiger partial charge in [-0.25, -0.2) is 4.39 Å². The van der Waals surface area contributed by atoms with Crippen molar-refractivity contribution in [2.75, 3.05) is 33.3 Å². The molecule has 0 unspecified atom stereocenters. The Morgan fingerprint density at radius 3 is 2.38 bits per heavy atom. The molecule has 1 aliphatic rings. The highest BCUT2D eigenvalue weighted by molar-refractivity contribution is 6.31. The number of ether oxygens (including phenoxy) is 1. The van der Waals surface area contributed by atoms with E-state index in [1.165, 1.54) is 12.1 Å². The summed E-state index contributed by atoms with van der Waals surface area (Å²) in [5, 5.41) is 4.56. The summed E-state index contributed by atoms with van der Waals surface area (Å²) in [6, 6.07) is 12.1. The third-order valence-electron chi connectivity index (χ3n) is 5.05. The summed E-state index contributed by atoms with van der Waals surface area (Å²) in [7, 11) is 1.63. The van der Waals surface area contributed by atoms with Crippen LogP contribution in [0.1, 0.15) is 11.5 Å². The Labute approximate surface area is 173 Å². The Balaban J connectivity index is 1.30. The maximum atomic E-state index is 13.2. The van der Waals surface area contributed by atoms with Gasteiger partial charge in [0.1, 0.15) is 11.6 Å². The van der Waals surface area contributed by atoms with Gasteiger partial charge in [-0.05, 0) is 42.0 Å². The number of benzene rings is 2. The Kier molecular flexibility index (Phi) is 6.08. The number of halogens is 2. The first-order valence-corrected chi connectivity index (χ1v) is 9.84. The quantitative estimate of drug-likeness (QED) is 0.608. The minimum absolute atomic E-state index is 0.308. The van der Waals surface area contributed by atoms with Crippen molar-refractivity contribution in [1.82, 2.24) is 19.9 Å². The Morgan fingerprint density at radius 1 is 1.03 bits per heavy atom. The van der Waals surface area contributed by atoms with E-state index in [4.69, 9.17) is 20.9 Å². The van der Waals surface area contributed by atoms with Gasteiger partial charge in [0.2, 0.25) is 11.7 Å². The Morgan fingerprint density at radius 2 is 1.72 bits per heavy atom. The van der Waals surface area contributed by atoms with E-state index >= 15 is 0 Å². The molecule has 0 atom stereocenters. The van der Waals surface area contributed by atoms with Crippen LogP contribution in [0, 0.1) is 5.82 Å². The zero-order chi connectivity index (χ0) is 20.2. The van der Waals surface area contributed by atoms with E-state index in [1.807, 2.05) is 24.3 Å². The topological polar surface area (TPSA) is 54.6 Å². The summed E-state index contributed by atoms with van der Waals surface area (Å²) in [5.41, 5.74) is 1.84. The average molecular weight is 417 g/mol. The number of nitrogens with zero attached hydrogens (tertiary/aromatic N) is 4. The zero-order valence-electron chi connectivity index (χ0n) is 16.1. The zero-order valence-corrected chi connectivity index (χ0v) is 16.9. The van der Waals surface area contributed by atoms with Gasteiger partial charge in [-0.3, -0.25) is 9.80 Å². The monoisotopic (exact) mass is 416 g/mol. The van der Waals surface area contributed by atoms with Gasteiger partial charge < -0.3 is 9.26 Å². The average Bonchev–Trinajstić information content (AvgIpc) is 3.20. The molecule has 1 fully saturated rings. The van der Waals surface area contributed by atoms with Crippen LogP contribution in [0.25, 0.3) is 11.4 Å². The highest BCUT2D eigenvalue weighted by atomic mass is 35.5. The van der Waals surface area contributed by atoms with Gasteiger partial charge in [0.15, 0.2) is 0 Å². The third-order valence-corrected chi connectivity index (χ3v) is 5.40. The van der Waals surface area contributed by atoms with Crippen LogP contribution in [-0.2, 0) is 13.1 Å². The van der Waals surface area contributed by atoms with Gasteiger partial charge in [0, 0.05) is 43.3 Å². The number of aromatic nitrogens is 2. The van der Waals surface area contributed by atoms with Crippen molar-refractivity contribution in [2.24, 2.45) is 0 Å². The van der Waals surface area contributed by atoms with Crippen LogP contribution in [0.15, 0.2) is 47.0 Å². The molecule has 0 radical (unpaired) electrons. The van der Waals surface area contributed by atoms with Gasteiger partial charge in [-0.2, -0.15) is 4.98 Å². The number of rotatable bonds is 6. The van der Waals surface area contributed by atoms with Crippen molar-refractivity contribution >= 4 is 11.6 Å². The van der Waals surface area contributed by atoms with Crippen LogP contribution in [0.5, 0.6) is 5.75 Å². The molecule has 0 N–H and O–H groups in total. The lowest BCUT2D eigenvalue weighted by Gasteiger charge is -2.34. The van der Waals surface area contributed by atoms with E-state index in [2.05, 4.69) is 19.9 Å². The summed E-state index contributed by atoms with van der Waals surface area (Å²) in [4.78, 5) is 9.11. The molecular formula is C21H22ClFN4O2. The molecule has 1 aromatic heterocycles. The van der Waals surface area contributed by atoms with E-state index in [1.54, 1.807) is 13.2 Å². The number of piperazine rings is 1. The predicted molar refractivity (Wildman–Crippen MR) is 108 cm³/mol. The number of hydrogen-bond acceptors (Lipinski definition) is 6. The fourth-order valence-corrected chi connectivity index (χ4v) is 3.59. The second-order valence-electron chi connectivity index (χ2n) is 7.03. The molecule has 0 bridgehead atoms. The lowest BCUT2D eigenvalue weighted by molar-refractivity contribution is 0.112. The van der Waals surface area contributed by atoms with Gasteiger partial charge in [0.25, 0.3) is 0 Å². The molecule has 8 heteroatoms. The standard InChI is InChI=1S/C21H22ClFN4O2/c1-28-18-6-3-15(4-7-18)21-24-20(29-25-21)14-27-10-8-26(9-11-27)13-16-2-5-17(23)12-19(16)22/h2-7,12H,8-11,13-14H2,1H3. The summed E-state index contributed by atoms with van der Waals surface area (Å²) in [6.07, 6.45) is 0. The Hall–Kier alpha value is -2.48. The van der Waals surface area contributed by atoms with Crippen LogP contribution in [0.2, 0.25) is 5.02 Å². The van der Waals surface area contributed by atoms with Crippen molar-refractivity contribution in [3.63, 3.8) is 0 Å². The lowest BCUT2D eigenvalue weighted by atomic mass is 10.2. The maximum Gasteiger partial charge on any atom is 0.241 e. The van der Waals surface area contributed by atoms with Crippen molar-refractivity contribution in [2.45, 2.75) is 13.1 Å². The summed E-state index contributed by atoms with van der Waals surface area (Å²) >= 11 is 6.14. The van der Waals surface area contributed by atoms with E-state index in [9.17, 15) is 4.39 Å². The first-order chi connectivity index (χ1) is 14.1. The molecule has 152 valence electrons. The molecule has 2 aromatic carbocycles. The van der Waals surface area contributed by atoms with E-state index < -0.39 is 0 Å². The molecular weight excluding hydrogens is 395 g/mol. The van der Waals surface area contributed by atoms with E-state index in [0.29, 0.717) is 23.3 Å². The van der Waals surface area contributed by atoms with Crippen molar-refractivity contribution in [3.8, 4) is 17.1 Å². The van der Waals surface area contributed by atoms with Gasteiger partial charge >= 0.3 is 0 Å².